The van der Waals surface area contributed by atoms with Crippen LogP contribution in [0.3, 0.4) is 0 Å². The Morgan fingerprint density at radius 3 is 2.58 bits per heavy atom. The van der Waals surface area contributed by atoms with Crippen molar-refractivity contribution in [1.82, 2.24) is 5.32 Å². The van der Waals surface area contributed by atoms with Crippen LogP contribution in [0.1, 0.15) is 31.2 Å². The molecule has 2 N–H and O–H groups in total. The van der Waals surface area contributed by atoms with Gasteiger partial charge >= 0.3 is 0 Å². The first-order chi connectivity index (χ1) is 9.24. The lowest BCUT2D eigenvalue weighted by atomic mass is 9.87. The van der Waals surface area contributed by atoms with E-state index in [1.165, 1.54) is 0 Å². The van der Waals surface area contributed by atoms with E-state index in [0.717, 1.165) is 31.2 Å². The number of nitrogens with one attached hydrogen (secondary N) is 1. The maximum Gasteiger partial charge on any atom is 0.296 e. The third kappa shape index (κ3) is 4.76. The fourth-order valence-electron chi connectivity index (χ4n) is 2.28. The Bertz CT molecular complexity index is 465. The lowest BCUT2D eigenvalue weighted by molar-refractivity contribution is -0.115. The highest BCUT2D eigenvalue weighted by atomic mass is 16.3. The molecule has 1 aliphatic rings. The highest BCUT2D eigenvalue weighted by Gasteiger charge is 2.19. The first-order valence-corrected chi connectivity index (χ1v) is 6.77. The minimum atomic E-state index is -0.227. The SMILES string of the molecule is O=C(C#Cc1ccccc1)NCC1CCC(O)CC1. The van der Waals surface area contributed by atoms with E-state index < -0.39 is 0 Å². The number of rotatable bonds is 2. The molecule has 3 nitrogen and oxygen atoms in total. The Morgan fingerprint density at radius 2 is 1.89 bits per heavy atom. The van der Waals surface area contributed by atoms with Crippen molar-refractivity contribution >= 4 is 5.91 Å². The lowest BCUT2D eigenvalue weighted by Gasteiger charge is -2.24. The normalized spacial score (nSPS) is 22.2. The Morgan fingerprint density at radius 1 is 1.21 bits per heavy atom. The summed E-state index contributed by atoms with van der Waals surface area (Å²) in [5.74, 6) is 5.69. The van der Waals surface area contributed by atoms with Crippen molar-refractivity contribution in [3.05, 3.63) is 35.9 Å². The van der Waals surface area contributed by atoms with Crippen LogP contribution in [0.15, 0.2) is 30.3 Å². The molecular formula is C16H19NO2. The second kappa shape index (κ2) is 6.96. The second-order valence-electron chi connectivity index (χ2n) is 5.00. The molecule has 100 valence electrons. The van der Waals surface area contributed by atoms with E-state index in [0.29, 0.717) is 12.5 Å². The van der Waals surface area contributed by atoms with Gasteiger partial charge in [-0.05, 0) is 43.7 Å². The number of amides is 1. The molecule has 1 saturated carbocycles. The number of carbonyl (C=O) groups is 1. The van der Waals surface area contributed by atoms with Gasteiger partial charge in [0, 0.05) is 18.0 Å². The molecule has 0 bridgehead atoms. The maximum atomic E-state index is 11.6. The van der Waals surface area contributed by atoms with Gasteiger partial charge in [-0.2, -0.15) is 0 Å². The summed E-state index contributed by atoms with van der Waals surface area (Å²) in [4.78, 5) is 11.6. The third-order valence-electron chi connectivity index (χ3n) is 3.46. The zero-order valence-corrected chi connectivity index (χ0v) is 10.9. The Hall–Kier alpha value is -1.79. The standard InChI is InChI=1S/C16H19NO2/c18-15-9-6-14(7-10-15)12-17-16(19)11-8-13-4-2-1-3-5-13/h1-5,14-15,18H,6-7,9-10,12H2,(H,17,19). The molecule has 0 aromatic heterocycles. The van der Waals surface area contributed by atoms with Gasteiger partial charge in [0.05, 0.1) is 6.10 Å². The number of hydrogen-bond acceptors (Lipinski definition) is 2. The van der Waals surface area contributed by atoms with Crippen molar-refractivity contribution < 1.29 is 9.90 Å². The zero-order chi connectivity index (χ0) is 13.5. The summed E-state index contributed by atoms with van der Waals surface area (Å²) >= 11 is 0. The lowest BCUT2D eigenvalue weighted by Crippen LogP contribution is -2.31. The number of aliphatic hydroxyl groups excluding tert-OH is 1. The minimum Gasteiger partial charge on any atom is -0.393 e. The van der Waals surface area contributed by atoms with E-state index in [4.69, 9.17) is 0 Å². The van der Waals surface area contributed by atoms with Crippen molar-refractivity contribution in [2.24, 2.45) is 5.92 Å². The van der Waals surface area contributed by atoms with E-state index in [1.54, 1.807) is 0 Å². The largest absolute Gasteiger partial charge is 0.393 e. The van der Waals surface area contributed by atoms with Crippen molar-refractivity contribution in [3.8, 4) is 11.8 Å². The fraction of sp³-hybridized carbons (Fsp3) is 0.438. The molecular weight excluding hydrogens is 238 g/mol. The Balaban J connectivity index is 1.75. The smallest absolute Gasteiger partial charge is 0.296 e. The van der Waals surface area contributed by atoms with Gasteiger partial charge < -0.3 is 10.4 Å². The third-order valence-corrected chi connectivity index (χ3v) is 3.46. The first-order valence-electron chi connectivity index (χ1n) is 6.77. The molecule has 0 unspecified atom stereocenters. The number of benzene rings is 1. The average Bonchev–Trinajstić information content (AvgIpc) is 2.45. The minimum absolute atomic E-state index is 0.148. The molecule has 19 heavy (non-hydrogen) atoms. The molecule has 0 radical (unpaired) electrons. The fourth-order valence-corrected chi connectivity index (χ4v) is 2.28. The zero-order valence-electron chi connectivity index (χ0n) is 10.9. The van der Waals surface area contributed by atoms with Crippen LogP contribution in [0.2, 0.25) is 0 Å². The number of aliphatic hydroxyl groups is 1. The molecule has 0 atom stereocenters. The summed E-state index contributed by atoms with van der Waals surface area (Å²) in [6.07, 6.45) is 3.50. The molecule has 0 heterocycles. The van der Waals surface area contributed by atoms with Gasteiger partial charge in [0.15, 0.2) is 0 Å². The monoisotopic (exact) mass is 257 g/mol. The van der Waals surface area contributed by atoms with E-state index in [-0.39, 0.29) is 12.0 Å². The van der Waals surface area contributed by atoms with Crippen molar-refractivity contribution in [3.63, 3.8) is 0 Å². The topological polar surface area (TPSA) is 49.3 Å². The van der Waals surface area contributed by atoms with Crippen molar-refractivity contribution in [2.45, 2.75) is 31.8 Å². The number of carbonyl (C=O) groups excluding carboxylic acids is 1. The van der Waals surface area contributed by atoms with Crippen LogP contribution in [0.5, 0.6) is 0 Å². The van der Waals surface area contributed by atoms with Gasteiger partial charge in [0.1, 0.15) is 0 Å². The van der Waals surface area contributed by atoms with Crippen LogP contribution in [-0.4, -0.2) is 23.7 Å². The van der Waals surface area contributed by atoms with Crippen LogP contribution in [-0.2, 0) is 4.79 Å². The molecule has 3 heteroatoms. The number of hydrogen-bond donors (Lipinski definition) is 2. The second-order valence-corrected chi connectivity index (χ2v) is 5.00. The van der Waals surface area contributed by atoms with Gasteiger partial charge in [0.2, 0.25) is 0 Å². The van der Waals surface area contributed by atoms with Gasteiger partial charge in [-0.3, -0.25) is 4.79 Å². The molecule has 1 amide bonds. The summed E-state index contributed by atoms with van der Waals surface area (Å²) in [7, 11) is 0. The van der Waals surface area contributed by atoms with E-state index in [9.17, 15) is 9.90 Å². The predicted molar refractivity (Wildman–Crippen MR) is 74.3 cm³/mol. The average molecular weight is 257 g/mol. The summed E-state index contributed by atoms with van der Waals surface area (Å²) in [6.45, 7) is 0.662. The molecule has 0 spiro atoms. The molecule has 1 aromatic carbocycles. The van der Waals surface area contributed by atoms with Gasteiger partial charge in [-0.25, -0.2) is 0 Å². The summed E-state index contributed by atoms with van der Waals surface area (Å²) < 4.78 is 0. The van der Waals surface area contributed by atoms with Crippen LogP contribution in [0.4, 0.5) is 0 Å². The van der Waals surface area contributed by atoms with E-state index >= 15 is 0 Å². The molecule has 2 rings (SSSR count). The highest BCUT2D eigenvalue weighted by Crippen LogP contribution is 2.23. The van der Waals surface area contributed by atoms with Crippen LogP contribution >= 0.6 is 0 Å². The van der Waals surface area contributed by atoms with E-state index in [1.807, 2.05) is 30.3 Å². The predicted octanol–water partition coefficient (Wildman–Crippen LogP) is 1.71. The Kier molecular flexibility index (Phi) is 5.00. The van der Waals surface area contributed by atoms with E-state index in [2.05, 4.69) is 17.2 Å². The van der Waals surface area contributed by atoms with Crippen LogP contribution in [0.25, 0.3) is 0 Å². The molecule has 1 aliphatic carbocycles. The molecule has 0 saturated heterocycles. The summed E-state index contributed by atoms with van der Waals surface area (Å²) in [5.41, 5.74) is 0.846. The highest BCUT2D eigenvalue weighted by molar-refractivity contribution is 5.94. The first kappa shape index (κ1) is 13.6. The van der Waals surface area contributed by atoms with Gasteiger partial charge in [-0.1, -0.05) is 24.1 Å². The quantitative estimate of drug-likeness (QED) is 0.792. The molecule has 1 aromatic rings. The Labute approximate surface area is 114 Å². The van der Waals surface area contributed by atoms with Gasteiger partial charge in [-0.15, -0.1) is 0 Å². The van der Waals surface area contributed by atoms with Gasteiger partial charge in [0.25, 0.3) is 5.91 Å². The molecule has 0 aliphatic heterocycles. The van der Waals surface area contributed by atoms with Crippen LogP contribution < -0.4 is 5.32 Å². The van der Waals surface area contributed by atoms with Crippen molar-refractivity contribution in [2.75, 3.05) is 6.54 Å². The summed E-state index contributed by atoms with van der Waals surface area (Å²) in [6, 6.07) is 9.47. The van der Waals surface area contributed by atoms with Crippen molar-refractivity contribution in [1.29, 1.82) is 0 Å². The summed E-state index contributed by atoms with van der Waals surface area (Å²) in [5, 5.41) is 12.2. The molecule has 1 fully saturated rings. The van der Waals surface area contributed by atoms with Crippen LogP contribution in [0, 0.1) is 17.8 Å². The maximum absolute atomic E-state index is 11.6.